The minimum Gasteiger partial charge on any atom is -0.352 e. The predicted molar refractivity (Wildman–Crippen MR) is 121 cm³/mol. The summed E-state index contributed by atoms with van der Waals surface area (Å²) in [7, 11) is -3.69. The number of nitrogens with one attached hydrogen (secondary N) is 2. The van der Waals surface area contributed by atoms with Gasteiger partial charge in [-0.2, -0.15) is 0 Å². The standard InChI is InChI=1S/C24H26FN3O3S/c25-21-8-2-1-5-20(21)16-27-24(29)19-12-10-17(11-13-19)15-28-32(30,31)22-9-3-6-18-7-4-14-26-23(18)22/h1-9,14,17,19,28H,10-13,15-16H2,(H,27,29). The summed E-state index contributed by atoms with van der Waals surface area (Å²) in [5.41, 5.74) is 0.921. The molecule has 1 aliphatic carbocycles. The number of nitrogens with zero attached hydrogens (tertiary/aromatic N) is 1. The smallest absolute Gasteiger partial charge is 0.242 e. The summed E-state index contributed by atoms with van der Waals surface area (Å²) in [6.07, 6.45) is 4.47. The molecule has 8 heteroatoms. The summed E-state index contributed by atoms with van der Waals surface area (Å²) >= 11 is 0. The summed E-state index contributed by atoms with van der Waals surface area (Å²) in [5.74, 6) is -0.362. The summed E-state index contributed by atoms with van der Waals surface area (Å²) in [5, 5.41) is 3.60. The van der Waals surface area contributed by atoms with Crippen LogP contribution in [0.1, 0.15) is 31.2 Å². The van der Waals surface area contributed by atoms with Gasteiger partial charge in [-0.1, -0.05) is 36.4 Å². The van der Waals surface area contributed by atoms with Gasteiger partial charge < -0.3 is 5.32 Å². The average Bonchev–Trinajstić information content (AvgIpc) is 2.82. The van der Waals surface area contributed by atoms with E-state index in [1.54, 1.807) is 42.6 Å². The molecule has 1 heterocycles. The van der Waals surface area contributed by atoms with Gasteiger partial charge in [0, 0.05) is 36.2 Å². The zero-order valence-electron chi connectivity index (χ0n) is 17.6. The quantitative estimate of drug-likeness (QED) is 0.568. The van der Waals surface area contributed by atoms with Crippen LogP contribution >= 0.6 is 0 Å². The SMILES string of the molecule is O=C(NCc1ccccc1F)C1CCC(CNS(=O)(=O)c2cccc3cccnc23)CC1. The second-order valence-corrected chi connectivity index (χ2v) is 9.95. The highest BCUT2D eigenvalue weighted by molar-refractivity contribution is 7.89. The highest BCUT2D eigenvalue weighted by Gasteiger charge is 2.27. The zero-order valence-corrected chi connectivity index (χ0v) is 18.4. The van der Waals surface area contributed by atoms with Crippen LogP contribution in [-0.4, -0.2) is 25.9 Å². The third-order valence-corrected chi connectivity index (χ3v) is 7.53. The Morgan fingerprint density at radius 2 is 1.75 bits per heavy atom. The van der Waals surface area contributed by atoms with Gasteiger partial charge in [-0.25, -0.2) is 17.5 Å². The van der Waals surface area contributed by atoms with Crippen molar-refractivity contribution in [3.8, 4) is 0 Å². The fourth-order valence-electron chi connectivity index (χ4n) is 4.20. The minimum atomic E-state index is -3.69. The van der Waals surface area contributed by atoms with Gasteiger partial charge in [-0.3, -0.25) is 9.78 Å². The van der Waals surface area contributed by atoms with Gasteiger partial charge in [0.15, 0.2) is 0 Å². The Morgan fingerprint density at radius 3 is 2.53 bits per heavy atom. The van der Waals surface area contributed by atoms with Crippen LogP contribution in [0.25, 0.3) is 10.9 Å². The van der Waals surface area contributed by atoms with E-state index in [-0.39, 0.29) is 35.0 Å². The number of halogens is 1. The molecule has 0 saturated heterocycles. The molecule has 0 unspecified atom stereocenters. The Labute approximate surface area is 187 Å². The van der Waals surface area contributed by atoms with Crippen LogP contribution in [0.15, 0.2) is 65.7 Å². The largest absolute Gasteiger partial charge is 0.352 e. The molecule has 3 aromatic rings. The number of hydrogen-bond acceptors (Lipinski definition) is 4. The number of fused-ring (bicyclic) bond motifs is 1. The summed E-state index contributed by atoms with van der Waals surface area (Å²) < 4.78 is 42.2. The molecule has 2 N–H and O–H groups in total. The Kier molecular flexibility index (Phi) is 6.81. The topological polar surface area (TPSA) is 88.2 Å². The maximum absolute atomic E-state index is 13.7. The Balaban J connectivity index is 1.28. The first kappa shape index (κ1) is 22.4. The van der Waals surface area contributed by atoms with E-state index < -0.39 is 10.0 Å². The van der Waals surface area contributed by atoms with Crippen molar-refractivity contribution < 1.29 is 17.6 Å². The van der Waals surface area contributed by atoms with Gasteiger partial charge in [0.25, 0.3) is 0 Å². The van der Waals surface area contributed by atoms with Gasteiger partial charge in [0.1, 0.15) is 10.7 Å². The molecular formula is C24H26FN3O3S. The molecule has 32 heavy (non-hydrogen) atoms. The molecule has 1 amide bonds. The number of amides is 1. The third kappa shape index (κ3) is 5.14. The van der Waals surface area contributed by atoms with E-state index in [9.17, 15) is 17.6 Å². The Bertz CT molecular complexity index is 1200. The maximum Gasteiger partial charge on any atom is 0.242 e. The second kappa shape index (κ2) is 9.75. The van der Waals surface area contributed by atoms with Crippen LogP contribution in [0.2, 0.25) is 0 Å². The highest BCUT2D eigenvalue weighted by atomic mass is 32.2. The molecule has 4 rings (SSSR count). The van der Waals surface area contributed by atoms with Crippen molar-refractivity contribution in [3.63, 3.8) is 0 Å². The number of carbonyl (C=O) groups is 1. The van der Waals surface area contributed by atoms with Gasteiger partial charge in [-0.15, -0.1) is 0 Å². The maximum atomic E-state index is 13.7. The van der Waals surface area contributed by atoms with Crippen molar-refractivity contribution >= 4 is 26.8 Å². The lowest BCUT2D eigenvalue weighted by molar-refractivity contribution is -0.126. The number of sulfonamides is 1. The predicted octanol–water partition coefficient (Wildman–Crippen LogP) is 3.78. The van der Waals surface area contributed by atoms with Crippen LogP contribution in [0.5, 0.6) is 0 Å². The normalized spacial score (nSPS) is 19.0. The van der Waals surface area contributed by atoms with Crippen molar-refractivity contribution in [3.05, 3.63) is 72.2 Å². The lowest BCUT2D eigenvalue weighted by Crippen LogP contribution is -2.36. The summed E-state index contributed by atoms with van der Waals surface area (Å²) in [6, 6.07) is 15.1. The number of para-hydroxylation sites is 1. The molecule has 168 valence electrons. The van der Waals surface area contributed by atoms with Crippen LogP contribution in [0.3, 0.4) is 0 Å². The van der Waals surface area contributed by atoms with Crippen molar-refractivity contribution in [2.75, 3.05) is 6.54 Å². The van der Waals surface area contributed by atoms with Crippen LogP contribution in [-0.2, 0) is 21.4 Å². The molecule has 1 fully saturated rings. The monoisotopic (exact) mass is 455 g/mol. The molecule has 1 aromatic heterocycles. The van der Waals surface area contributed by atoms with Crippen LogP contribution in [0.4, 0.5) is 4.39 Å². The molecule has 6 nitrogen and oxygen atoms in total. The Morgan fingerprint density at radius 1 is 1.00 bits per heavy atom. The average molecular weight is 456 g/mol. The van der Waals surface area contributed by atoms with Crippen molar-refractivity contribution in [1.29, 1.82) is 0 Å². The fraction of sp³-hybridized carbons (Fsp3) is 0.333. The molecule has 0 spiro atoms. The molecule has 2 aromatic carbocycles. The van der Waals surface area contributed by atoms with Crippen molar-refractivity contribution in [2.45, 2.75) is 37.1 Å². The van der Waals surface area contributed by atoms with E-state index in [1.165, 1.54) is 6.07 Å². The number of rotatable bonds is 7. The molecule has 1 saturated carbocycles. The molecular weight excluding hydrogens is 429 g/mol. The first-order chi connectivity index (χ1) is 15.4. The number of carbonyl (C=O) groups excluding carboxylic acids is 1. The molecule has 0 radical (unpaired) electrons. The number of hydrogen-bond donors (Lipinski definition) is 2. The van der Waals surface area contributed by atoms with Gasteiger partial charge in [0.2, 0.25) is 15.9 Å². The third-order valence-electron chi connectivity index (χ3n) is 6.08. The molecule has 0 aliphatic heterocycles. The molecule has 0 atom stereocenters. The molecule has 0 bridgehead atoms. The number of pyridine rings is 1. The van der Waals surface area contributed by atoms with Crippen LogP contribution in [0, 0.1) is 17.7 Å². The van der Waals surface area contributed by atoms with Crippen molar-refractivity contribution in [1.82, 2.24) is 15.0 Å². The first-order valence-corrected chi connectivity index (χ1v) is 12.3. The second-order valence-electron chi connectivity index (χ2n) is 8.21. The zero-order chi connectivity index (χ0) is 22.6. The highest BCUT2D eigenvalue weighted by Crippen LogP contribution is 2.29. The summed E-state index contributed by atoms with van der Waals surface area (Å²) in [6.45, 7) is 0.499. The van der Waals surface area contributed by atoms with Crippen LogP contribution < -0.4 is 10.0 Å². The van der Waals surface area contributed by atoms with E-state index in [4.69, 9.17) is 0 Å². The van der Waals surface area contributed by atoms with Gasteiger partial charge in [0.05, 0.1) is 5.52 Å². The fourth-order valence-corrected chi connectivity index (χ4v) is 5.49. The minimum absolute atomic E-state index is 0.0749. The van der Waals surface area contributed by atoms with E-state index in [0.29, 0.717) is 30.5 Å². The van der Waals surface area contributed by atoms with E-state index in [0.717, 1.165) is 18.2 Å². The lowest BCUT2D eigenvalue weighted by Gasteiger charge is -2.28. The Hall–Kier alpha value is -2.84. The van der Waals surface area contributed by atoms with Gasteiger partial charge in [-0.05, 0) is 49.8 Å². The first-order valence-electron chi connectivity index (χ1n) is 10.8. The van der Waals surface area contributed by atoms with Gasteiger partial charge >= 0.3 is 0 Å². The number of aromatic nitrogens is 1. The lowest BCUT2D eigenvalue weighted by atomic mass is 9.81. The molecule has 1 aliphatic rings. The number of benzene rings is 2. The van der Waals surface area contributed by atoms with E-state index in [2.05, 4.69) is 15.0 Å². The van der Waals surface area contributed by atoms with Crippen molar-refractivity contribution in [2.24, 2.45) is 11.8 Å². The van der Waals surface area contributed by atoms with E-state index in [1.807, 2.05) is 12.1 Å². The summed E-state index contributed by atoms with van der Waals surface area (Å²) in [4.78, 5) is 16.9. The van der Waals surface area contributed by atoms with E-state index >= 15 is 0 Å².